The normalized spacial score (nSPS) is 10.9. The van der Waals surface area contributed by atoms with Gasteiger partial charge in [0.05, 0.1) is 13.2 Å². The van der Waals surface area contributed by atoms with E-state index in [2.05, 4.69) is 30.8 Å². The van der Waals surface area contributed by atoms with Gasteiger partial charge in [-0.1, -0.05) is 30.3 Å². The van der Waals surface area contributed by atoms with Crippen molar-refractivity contribution in [3.63, 3.8) is 0 Å². The molecule has 0 saturated carbocycles. The first-order valence-corrected chi connectivity index (χ1v) is 9.88. The molecule has 30 heavy (non-hydrogen) atoms. The van der Waals surface area contributed by atoms with Crippen LogP contribution in [-0.2, 0) is 4.74 Å². The number of hydrogen-bond acceptors (Lipinski definition) is 6. The quantitative estimate of drug-likeness (QED) is 0.469. The van der Waals surface area contributed by atoms with Crippen LogP contribution in [0.3, 0.4) is 0 Å². The number of benzene rings is 2. The second-order valence-corrected chi connectivity index (χ2v) is 7.20. The Bertz CT molecular complexity index is 992. The van der Waals surface area contributed by atoms with Crippen molar-refractivity contribution in [2.45, 2.75) is 6.92 Å². The molecule has 0 bridgehead atoms. The topological polar surface area (TPSA) is 91.4 Å². The van der Waals surface area contributed by atoms with E-state index < -0.39 is 6.03 Å². The van der Waals surface area contributed by atoms with Crippen molar-refractivity contribution in [3.8, 4) is 0 Å². The van der Waals surface area contributed by atoms with Crippen molar-refractivity contribution >= 4 is 34.3 Å². The fourth-order valence-electron chi connectivity index (χ4n) is 2.85. The third kappa shape index (κ3) is 6.68. The minimum absolute atomic E-state index is 0.240. The molecule has 2 amide bonds. The van der Waals surface area contributed by atoms with E-state index in [9.17, 15) is 4.79 Å². The van der Waals surface area contributed by atoms with E-state index in [1.807, 2.05) is 69.6 Å². The molecular weight excluding hydrogens is 380 g/mol. The molecular formula is C22H28N6O2. The summed E-state index contributed by atoms with van der Waals surface area (Å²) in [5.74, 6) is 0.879. The molecule has 2 aromatic carbocycles. The fraction of sp³-hybridized carbons (Fsp3) is 0.318. The number of ether oxygens (including phenoxy) is 1. The highest BCUT2D eigenvalue weighted by Gasteiger charge is 2.08. The zero-order valence-corrected chi connectivity index (χ0v) is 17.6. The number of anilines is 3. The maximum absolute atomic E-state index is 12.4. The monoisotopic (exact) mass is 408 g/mol. The molecule has 0 aliphatic carbocycles. The van der Waals surface area contributed by atoms with Crippen LogP contribution < -0.4 is 16.0 Å². The summed E-state index contributed by atoms with van der Waals surface area (Å²) >= 11 is 0. The summed E-state index contributed by atoms with van der Waals surface area (Å²) in [5.41, 5.74) is 1.45. The Hall–Kier alpha value is -3.23. The third-order valence-corrected chi connectivity index (χ3v) is 4.32. The minimum Gasteiger partial charge on any atom is -0.378 e. The predicted octanol–water partition coefficient (Wildman–Crippen LogP) is 3.57. The van der Waals surface area contributed by atoms with Crippen LogP contribution in [0.25, 0.3) is 10.8 Å². The van der Waals surface area contributed by atoms with Crippen molar-refractivity contribution in [3.05, 3.63) is 54.2 Å². The Morgan fingerprint density at radius 1 is 1.00 bits per heavy atom. The summed E-state index contributed by atoms with van der Waals surface area (Å²) in [6, 6.07) is 15.2. The van der Waals surface area contributed by atoms with Gasteiger partial charge in [0, 0.05) is 30.5 Å². The lowest BCUT2D eigenvalue weighted by atomic mass is 10.1. The smallest absolute Gasteiger partial charge is 0.326 e. The summed E-state index contributed by atoms with van der Waals surface area (Å²) in [6.45, 7) is 4.60. The van der Waals surface area contributed by atoms with Crippen LogP contribution in [0.15, 0.2) is 48.5 Å². The molecule has 1 heterocycles. The Kier molecular flexibility index (Phi) is 7.53. The molecule has 0 spiro atoms. The van der Waals surface area contributed by atoms with E-state index in [4.69, 9.17) is 4.74 Å². The molecule has 3 aromatic rings. The lowest BCUT2D eigenvalue weighted by Gasteiger charge is -2.12. The zero-order chi connectivity index (χ0) is 21.3. The van der Waals surface area contributed by atoms with Crippen LogP contribution in [0.5, 0.6) is 0 Å². The number of amides is 2. The van der Waals surface area contributed by atoms with Gasteiger partial charge in [-0.3, -0.25) is 5.32 Å². The number of aryl methyl sites for hydroxylation is 1. The molecule has 0 aliphatic rings. The maximum atomic E-state index is 12.4. The number of fused-ring (bicyclic) bond motifs is 1. The van der Waals surface area contributed by atoms with E-state index in [-0.39, 0.29) is 5.95 Å². The van der Waals surface area contributed by atoms with Gasteiger partial charge in [0.25, 0.3) is 0 Å². The average molecular weight is 409 g/mol. The largest absolute Gasteiger partial charge is 0.378 e. The summed E-state index contributed by atoms with van der Waals surface area (Å²) in [6.07, 6.45) is 0. The van der Waals surface area contributed by atoms with Crippen molar-refractivity contribution < 1.29 is 9.53 Å². The number of likely N-dealkylation sites (N-methyl/N-ethyl adjacent to an activating group) is 1. The summed E-state index contributed by atoms with van der Waals surface area (Å²) < 4.78 is 5.56. The Morgan fingerprint density at radius 3 is 2.60 bits per heavy atom. The number of aromatic nitrogens is 2. The van der Waals surface area contributed by atoms with E-state index in [1.165, 1.54) is 0 Å². The lowest BCUT2D eigenvalue weighted by molar-refractivity contribution is 0.126. The number of hydrogen-bond donors (Lipinski definition) is 3. The first-order chi connectivity index (χ1) is 14.5. The van der Waals surface area contributed by atoms with E-state index in [0.717, 1.165) is 23.0 Å². The Balaban J connectivity index is 1.53. The highest BCUT2D eigenvalue weighted by Crippen LogP contribution is 2.19. The number of rotatable bonds is 9. The van der Waals surface area contributed by atoms with Crippen LogP contribution in [0.2, 0.25) is 0 Å². The molecule has 0 unspecified atom stereocenters. The zero-order valence-electron chi connectivity index (χ0n) is 17.6. The molecule has 1 aromatic heterocycles. The number of carbonyl (C=O) groups is 1. The summed E-state index contributed by atoms with van der Waals surface area (Å²) in [7, 11) is 4.02. The number of nitrogens with zero attached hydrogens (tertiary/aromatic N) is 3. The first kappa shape index (κ1) is 21.5. The fourth-order valence-corrected chi connectivity index (χ4v) is 2.85. The molecule has 0 saturated heterocycles. The maximum Gasteiger partial charge on any atom is 0.326 e. The van der Waals surface area contributed by atoms with E-state index >= 15 is 0 Å². The van der Waals surface area contributed by atoms with Gasteiger partial charge in [0.1, 0.15) is 5.82 Å². The number of nitrogens with one attached hydrogen (secondary N) is 3. The minimum atomic E-state index is -0.395. The van der Waals surface area contributed by atoms with Gasteiger partial charge >= 0.3 is 6.03 Å². The van der Waals surface area contributed by atoms with E-state index in [1.54, 1.807) is 0 Å². The van der Waals surface area contributed by atoms with Crippen molar-refractivity contribution in [2.75, 3.05) is 56.3 Å². The second kappa shape index (κ2) is 10.5. The molecule has 0 atom stereocenters. The molecule has 0 fully saturated rings. The summed E-state index contributed by atoms with van der Waals surface area (Å²) in [5, 5.41) is 10.9. The molecule has 158 valence electrons. The van der Waals surface area contributed by atoms with Gasteiger partial charge in [-0.15, -0.1) is 0 Å². The first-order valence-electron chi connectivity index (χ1n) is 9.88. The van der Waals surface area contributed by atoms with Crippen molar-refractivity contribution in [1.29, 1.82) is 0 Å². The third-order valence-electron chi connectivity index (χ3n) is 4.32. The molecule has 0 aliphatic heterocycles. The van der Waals surface area contributed by atoms with Crippen molar-refractivity contribution in [2.24, 2.45) is 0 Å². The number of carbonyl (C=O) groups excluding carboxylic acids is 1. The van der Waals surface area contributed by atoms with Gasteiger partial charge in [-0.25, -0.2) is 9.78 Å². The molecule has 8 heteroatoms. The highest BCUT2D eigenvalue weighted by molar-refractivity contribution is 6.00. The van der Waals surface area contributed by atoms with Gasteiger partial charge in [0.15, 0.2) is 0 Å². The van der Waals surface area contributed by atoms with E-state index in [0.29, 0.717) is 31.3 Å². The molecule has 3 N–H and O–H groups in total. The Morgan fingerprint density at radius 2 is 1.80 bits per heavy atom. The lowest BCUT2D eigenvalue weighted by Crippen LogP contribution is -2.22. The number of urea groups is 1. The molecule has 3 rings (SSSR count). The predicted molar refractivity (Wildman–Crippen MR) is 121 cm³/mol. The van der Waals surface area contributed by atoms with Crippen LogP contribution in [0, 0.1) is 6.92 Å². The van der Waals surface area contributed by atoms with Crippen LogP contribution in [0.1, 0.15) is 5.69 Å². The van der Waals surface area contributed by atoms with Crippen LogP contribution in [0.4, 0.5) is 22.2 Å². The highest BCUT2D eigenvalue weighted by atomic mass is 16.5. The van der Waals surface area contributed by atoms with Gasteiger partial charge < -0.3 is 20.3 Å². The second-order valence-electron chi connectivity index (χ2n) is 7.20. The van der Waals surface area contributed by atoms with Crippen LogP contribution >= 0.6 is 0 Å². The molecule has 8 nitrogen and oxygen atoms in total. The van der Waals surface area contributed by atoms with Crippen LogP contribution in [-0.4, -0.2) is 61.3 Å². The van der Waals surface area contributed by atoms with Crippen molar-refractivity contribution in [1.82, 2.24) is 14.9 Å². The van der Waals surface area contributed by atoms with Gasteiger partial charge in [-0.2, -0.15) is 4.98 Å². The molecule has 0 radical (unpaired) electrons. The average Bonchev–Trinajstić information content (AvgIpc) is 2.70. The van der Waals surface area contributed by atoms with Gasteiger partial charge in [-0.05, 0) is 43.9 Å². The van der Waals surface area contributed by atoms with Gasteiger partial charge in [0.2, 0.25) is 5.95 Å². The standard InChI is InChI=1S/C22H28N6O2/c1-16-14-20(23-10-12-30-13-11-28(2)3)26-21(24-16)27-22(29)25-19-9-8-17-6-4-5-7-18(17)15-19/h4-9,14-15H,10-13H2,1-3H3,(H3,23,24,25,26,27,29). The Labute approximate surface area is 176 Å². The SMILES string of the molecule is Cc1cc(NCCOCCN(C)C)nc(NC(=O)Nc2ccc3ccccc3c2)n1. The summed E-state index contributed by atoms with van der Waals surface area (Å²) in [4.78, 5) is 23.1.